The molecule has 1 unspecified atom stereocenters. The number of benzene rings is 2. The third-order valence-corrected chi connectivity index (χ3v) is 8.01. The van der Waals surface area contributed by atoms with Crippen molar-refractivity contribution in [2.24, 2.45) is 0 Å². The maximum Gasteiger partial charge on any atom is 0.317 e. The van der Waals surface area contributed by atoms with Gasteiger partial charge in [0.15, 0.2) is 0 Å². The first-order valence-corrected chi connectivity index (χ1v) is 16.8. The Morgan fingerprint density at radius 2 is 1.44 bits per heavy atom. The molecule has 0 bridgehead atoms. The molecule has 1 saturated heterocycles. The van der Waals surface area contributed by atoms with Crippen LogP contribution >= 0.6 is 0 Å². The Bertz CT molecular complexity index is 1360. The molecule has 276 valence electrons. The molecule has 50 heavy (non-hydrogen) atoms. The van der Waals surface area contributed by atoms with Gasteiger partial charge in [0, 0.05) is 12.6 Å². The fraction of sp³-hybridized carbons (Fsp3) is 0.500. The third-order valence-electron chi connectivity index (χ3n) is 8.01. The first kappa shape index (κ1) is 41.7. The Morgan fingerprint density at radius 1 is 0.840 bits per heavy atom. The molecule has 0 saturated carbocycles. The van der Waals surface area contributed by atoms with Crippen molar-refractivity contribution >= 4 is 30.5 Å². The molecule has 0 aromatic heterocycles. The average Bonchev–Trinajstić information content (AvgIpc) is 3.11. The van der Waals surface area contributed by atoms with E-state index in [0.29, 0.717) is 39.4 Å². The Kier molecular flexibility index (Phi) is 19.2. The quantitative estimate of drug-likeness (QED) is 0.124. The number of hydrogen-bond donors (Lipinski definition) is 4. The zero-order valence-corrected chi connectivity index (χ0v) is 29.1. The van der Waals surface area contributed by atoms with Crippen molar-refractivity contribution in [1.82, 2.24) is 19.6 Å². The molecule has 14 heteroatoms. The van der Waals surface area contributed by atoms with E-state index in [2.05, 4.69) is 24.5 Å². The van der Waals surface area contributed by atoms with Crippen molar-refractivity contribution in [3.8, 4) is 11.5 Å². The molecule has 2 aromatic rings. The molecule has 1 fully saturated rings. The number of nitrogens with zero attached hydrogens (tertiary/aromatic N) is 4. The number of carboxylic acids is 3. The molecule has 1 aliphatic rings. The zero-order valence-electron chi connectivity index (χ0n) is 29.1. The predicted molar refractivity (Wildman–Crippen MR) is 188 cm³/mol. The number of carboxylic acid groups (broad SMARTS) is 4. The number of hydrogen-bond acceptors (Lipinski definition) is 10. The molecular formula is C36H52N4O10. The summed E-state index contributed by atoms with van der Waals surface area (Å²) in [7, 11) is 0. The highest BCUT2D eigenvalue weighted by Gasteiger charge is 2.30. The molecule has 1 aliphatic heterocycles. The molecule has 1 atom stereocenters. The topological polar surface area (TPSA) is 181 Å². The lowest BCUT2D eigenvalue weighted by Crippen LogP contribution is -2.51. The fourth-order valence-corrected chi connectivity index (χ4v) is 5.67. The lowest BCUT2D eigenvalue weighted by molar-refractivity contribution is -0.141. The van der Waals surface area contributed by atoms with Gasteiger partial charge in [-0.05, 0) is 67.1 Å². The summed E-state index contributed by atoms with van der Waals surface area (Å²) in [5, 5.41) is 35.6. The number of unbranched alkanes of at least 4 members (excludes halogenated alkanes) is 1. The average molecular weight is 701 g/mol. The van der Waals surface area contributed by atoms with Gasteiger partial charge in [0.1, 0.15) is 11.5 Å². The maximum atomic E-state index is 11.9. The molecule has 0 aliphatic carbocycles. The van der Waals surface area contributed by atoms with Crippen LogP contribution in [0.1, 0.15) is 49.8 Å². The summed E-state index contributed by atoms with van der Waals surface area (Å²) in [6.45, 7) is 9.61. The normalized spacial score (nSPS) is 16.2. The van der Waals surface area contributed by atoms with Gasteiger partial charge in [-0.15, -0.1) is 0 Å². The largest absolute Gasteiger partial charge is 0.494 e. The first-order valence-electron chi connectivity index (χ1n) is 16.8. The highest BCUT2D eigenvalue weighted by atomic mass is 16.5. The summed E-state index contributed by atoms with van der Waals surface area (Å²) in [6.07, 6.45) is 6.03. The molecule has 0 spiro atoms. The van der Waals surface area contributed by atoms with E-state index in [1.807, 2.05) is 49.4 Å². The van der Waals surface area contributed by atoms with Crippen LogP contribution in [0.25, 0.3) is 6.08 Å². The number of aryl methyl sites for hydroxylation is 1. The van der Waals surface area contributed by atoms with Crippen LogP contribution in [0.4, 0.5) is 0 Å². The second-order valence-corrected chi connectivity index (χ2v) is 12.0. The first-order chi connectivity index (χ1) is 24.0. The molecule has 0 radical (unpaired) electrons. The highest BCUT2D eigenvalue weighted by Crippen LogP contribution is 2.24. The van der Waals surface area contributed by atoms with Crippen LogP contribution in [0, 0.1) is 0 Å². The predicted octanol–water partition coefficient (Wildman–Crippen LogP) is 3.50. The van der Waals surface area contributed by atoms with Gasteiger partial charge in [0.2, 0.25) is 0 Å². The Labute approximate surface area is 294 Å². The van der Waals surface area contributed by atoms with Gasteiger partial charge in [-0.2, -0.15) is 0 Å². The Hall–Kier alpha value is -4.50. The van der Waals surface area contributed by atoms with E-state index in [9.17, 15) is 29.7 Å². The van der Waals surface area contributed by atoms with Gasteiger partial charge < -0.3 is 29.9 Å². The number of ether oxygens (including phenoxy) is 2. The molecule has 3 rings (SSSR count). The second-order valence-electron chi connectivity index (χ2n) is 12.0. The van der Waals surface area contributed by atoms with E-state index >= 15 is 0 Å². The van der Waals surface area contributed by atoms with Gasteiger partial charge in [-0.3, -0.25) is 38.8 Å². The van der Waals surface area contributed by atoms with Gasteiger partial charge in [0.25, 0.3) is 6.47 Å². The molecular weight excluding hydrogens is 648 g/mol. The van der Waals surface area contributed by atoms with Crippen LogP contribution in [0.5, 0.6) is 11.5 Å². The summed E-state index contributed by atoms with van der Waals surface area (Å²) in [5.74, 6) is -1.47. The van der Waals surface area contributed by atoms with Crippen molar-refractivity contribution in [2.45, 2.75) is 52.0 Å². The van der Waals surface area contributed by atoms with Crippen molar-refractivity contribution in [3.63, 3.8) is 0 Å². The van der Waals surface area contributed by atoms with Crippen molar-refractivity contribution in [1.29, 1.82) is 0 Å². The maximum absolute atomic E-state index is 11.9. The molecule has 1 heterocycles. The minimum atomic E-state index is -1.07. The van der Waals surface area contributed by atoms with Crippen LogP contribution in [0.3, 0.4) is 0 Å². The highest BCUT2D eigenvalue weighted by molar-refractivity contribution is 5.70. The van der Waals surface area contributed by atoms with Gasteiger partial charge >= 0.3 is 17.9 Å². The van der Waals surface area contributed by atoms with Crippen LogP contribution in [-0.4, -0.2) is 136 Å². The third kappa shape index (κ3) is 15.8. The van der Waals surface area contributed by atoms with Crippen LogP contribution in [0.15, 0.2) is 49.0 Å². The lowest BCUT2D eigenvalue weighted by atomic mass is 10.0. The smallest absolute Gasteiger partial charge is 0.317 e. The standard InChI is InChI=1S/C35H50N4O8.CH2O2/c1-4-7-16-47-32-19-27(5-2)10-13-29(32)9-8-17-46-31-14-11-28(12-15-31)18-30-20-36(6-3)24-37(21-33(40)41)25-38(22-34(42)43)26-39(30)23-35(44)45;2-1-3/h5,10-15,19,30H,2,4,6-9,16-18,20-26H2,1,3H3,(H,40,41)(H,42,43)(H,44,45);1H,(H,2,3). The minimum absolute atomic E-state index is 0.0693. The zero-order chi connectivity index (χ0) is 36.9. The number of rotatable bonds is 19. The summed E-state index contributed by atoms with van der Waals surface area (Å²) in [6, 6.07) is 13.7. The number of likely N-dealkylation sites (N-methyl/N-ethyl adjacent to an activating group) is 1. The van der Waals surface area contributed by atoms with E-state index in [1.165, 1.54) is 0 Å². The summed E-state index contributed by atoms with van der Waals surface area (Å²) >= 11 is 0. The van der Waals surface area contributed by atoms with Gasteiger partial charge in [0.05, 0.1) is 52.9 Å². The van der Waals surface area contributed by atoms with Crippen LogP contribution in [0.2, 0.25) is 0 Å². The van der Waals surface area contributed by atoms with E-state index < -0.39 is 17.9 Å². The van der Waals surface area contributed by atoms with Gasteiger partial charge in [-0.1, -0.05) is 57.2 Å². The van der Waals surface area contributed by atoms with Crippen LogP contribution < -0.4 is 9.47 Å². The van der Waals surface area contributed by atoms with Crippen molar-refractivity contribution < 1.29 is 49.1 Å². The van der Waals surface area contributed by atoms with E-state index in [0.717, 1.165) is 53.9 Å². The van der Waals surface area contributed by atoms with Gasteiger partial charge in [-0.25, -0.2) is 0 Å². The number of carbonyl (C=O) groups is 4. The fourth-order valence-electron chi connectivity index (χ4n) is 5.67. The molecule has 0 amide bonds. The van der Waals surface area contributed by atoms with Crippen molar-refractivity contribution in [2.75, 3.05) is 65.9 Å². The second kappa shape index (κ2) is 23.0. The van der Waals surface area contributed by atoms with Crippen LogP contribution in [-0.2, 0) is 32.0 Å². The molecule has 14 nitrogen and oxygen atoms in total. The SMILES string of the molecule is C=Cc1ccc(CCCOc2ccc(CC3CN(CC)CN(CC(=O)O)CN(CC(=O)O)CN3CC(=O)O)cc2)c(OCCCC)c1.O=CO. The molecule has 2 aromatic carbocycles. The summed E-state index contributed by atoms with van der Waals surface area (Å²) in [4.78, 5) is 50.5. The van der Waals surface area contributed by atoms with E-state index in [-0.39, 0.29) is 45.5 Å². The summed E-state index contributed by atoms with van der Waals surface area (Å²) in [5.41, 5.74) is 3.15. The minimum Gasteiger partial charge on any atom is -0.494 e. The number of aliphatic carboxylic acids is 3. The van der Waals surface area contributed by atoms with Crippen molar-refractivity contribution in [3.05, 3.63) is 65.7 Å². The lowest BCUT2D eigenvalue weighted by Gasteiger charge is -2.35. The van der Waals surface area contributed by atoms with E-state index in [4.69, 9.17) is 19.4 Å². The Morgan fingerprint density at radius 3 is 2.02 bits per heavy atom. The van der Waals surface area contributed by atoms with E-state index in [1.54, 1.807) is 14.7 Å². The molecule has 4 N–H and O–H groups in total. The summed E-state index contributed by atoms with van der Waals surface area (Å²) < 4.78 is 12.1. The monoisotopic (exact) mass is 700 g/mol. The Balaban J connectivity index is 0.00000278.